The minimum absolute atomic E-state index is 0.222. The molecule has 2 nitrogen and oxygen atoms in total. The van der Waals surface area contributed by atoms with E-state index >= 15 is 0 Å². The first-order chi connectivity index (χ1) is 8.29. The van der Waals surface area contributed by atoms with Crippen LogP contribution in [0.3, 0.4) is 0 Å². The van der Waals surface area contributed by atoms with Gasteiger partial charge >= 0.3 is 0 Å². The van der Waals surface area contributed by atoms with Gasteiger partial charge in [-0.25, -0.2) is 4.98 Å². The van der Waals surface area contributed by atoms with Gasteiger partial charge in [-0.15, -0.1) is 11.6 Å². The van der Waals surface area contributed by atoms with Crippen LogP contribution in [0, 0.1) is 5.41 Å². The van der Waals surface area contributed by atoms with Crippen LogP contribution in [0.4, 0.5) is 5.82 Å². The molecule has 1 heterocycles. The molecule has 1 rings (SSSR count). The van der Waals surface area contributed by atoms with Crippen LogP contribution in [0.2, 0.25) is 0 Å². The van der Waals surface area contributed by atoms with Crippen molar-refractivity contribution in [3.05, 3.63) is 23.4 Å². The summed E-state index contributed by atoms with van der Waals surface area (Å²) in [5.41, 5.74) is 2.47. The Kier molecular flexibility index (Phi) is 5.03. The fourth-order valence-electron chi connectivity index (χ4n) is 1.85. The second kappa shape index (κ2) is 5.92. The Morgan fingerprint density at radius 2 is 1.94 bits per heavy atom. The van der Waals surface area contributed by atoms with Crippen molar-refractivity contribution in [1.29, 1.82) is 0 Å². The van der Waals surface area contributed by atoms with Gasteiger partial charge in [-0.3, -0.25) is 0 Å². The molecule has 1 aromatic rings. The molecule has 102 valence electrons. The maximum Gasteiger partial charge on any atom is 0.129 e. The normalized spacial score (nSPS) is 13.5. The molecule has 0 N–H and O–H groups in total. The summed E-state index contributed by atoms with van der Waals surface area (Å²) in [5.74, 6) is 1.56. The third-order valence-corrected chi connectivity index (χ3v) is 3.95. The maximum atomic E-state index is 5.96. The third kappa shape index (κ3) is 3.61. The van der Waals surface area contributed by atoms with Crippen molar-refractivity contribution >= 4 is 17.4 Å². The van der Waals surface area contributed by atoms with Gasteiger partial charge in [0.2, 0.25) is 0 Å². The van der Waals surface area contributed by atoms with Crippen molar-refractivity contribution in [3.8, 4) is 0 Å². The van der Waals surface area contributed by atoms with Crippen molar-refractivity contribution in [1.82, 2.24) is 4.98 Å². The number of aromatic nitrogens is 1. The number of aryl methyl sites for hydroxylation is 1. The molecule has 1 aromatic heterocycles. The Balaban J connectivity index is 3.08. The molecular weight excluding hydrogens is 244 g/mol. The average Bonchev–Trinajstić information content (AvgIpc) is 2.35. The van der Waals surface area contributed by atoms with Gasteiger partial charge in [-0.1, -0.05) is 27.7 Å². The molecule has 1 unspecified atom stereocenters. The molecule has 0 amide bonds. The molecule has 3 heteroatoms. The molecule has 0 fully saturated rings. The summed E-state index contributed by atoms with van der Waals surface area (Å²) in [5, 5.41) is 0. The number of pyridine rings is 1. The van der Waals surface area contributed by atoms with Crippen LogP contribution in [0.15, 0.2) is 12.1 Å². The standard InChI is InChI=1S/C15H25ClN2/c1-7-13-8-12(10-16)9-14(17-13)18(6)11(2)15(3,4)5/h8-9,11H,7,10H2,1-6H3. The van der Waals surface area contributed by atoms with Gasteiger partial charge in [0.15, 0.2) is 0 Å². The zero-order valence-corrected chi connectivity index (χ0v) is 13.2. The number of hydrogen-bond donors (Lipinski definition) is 0. The molecule has 0 aliphatic heterocycles. The first-order valence-corrected chi connectivity index (χ1v) is 7.11. The molecule has 0 aromatic carbocycles. The molecule has 18 heavy (non-hydrogen) atoms. The highest BCUT2D eigenvalue weighted by Crippen LogP contribution is 2.27. The minimum atomic E-state index is 0.222. The number of hydrogen-bond acceptors (Lipinski definition) is 2. The lowest BCUT2D eigenvalue weighted by Crippen LogP contribution is -2.39. The predicted octanol–water partition coefficient (Wildman–Crippen LogP) is 4.25. The quantitative estimate of drug-likeness (QED) is 0.759. The highest BCUT2D eigenvalue weighted by Gasteiger charge is 2.25. The van der Waals surface area contributed by atoms with Crippen molar-refractivity contribution in [3.63, 3.8) is 0 Å². The summed E-state index contributed by atoms with van der Waals surface area (Å²) < 4.78 is 0. The Hall–Kier alpha value is -0.760. The summed E-state index contributed by atoms with van der Waals surface area (Å²) >= 11 is 5.96. The zero-order chi connectivity index (χ0) is 13.9. The first-order valence-electron chi connectivity index (χ1n) is 6.58. The van der Waals surface area contributed by atoms with Crippen LogP contribution in [0.5, 0.6) is 0 Å². The summed E-state index contributed by atoms with van der Waals surface area (Å²) in [7, 11) is 2.11. The zero-order valence-electron chi connectivity index (χ0n) is 12.4. The van der Waals surface area contributed by atoms with Crippen molar-refractivity contribution in [2.45, 2.75) is 53.0 Å². The van der Waals surface area contributed by atoms with Crippen LogP contribution < -0.4 is 4.90 Å². The highest BCUT2D eigenvalue weighted by molar-refractivity contribution is 6.17. The van der Waals surface area contributed by atoms with Crippen molar-refractivity contribution in [2.75, 3.05) is 11.9 Å². The fraction of sp³-hybridized carbons (Fsp3) is 0.667. The van der Waals surface area contributed by atoms with E-state index in [0.29, 0.717) is 11.9 Å². The van der Waals surface area contributed by atoms with Crippen LogP contribution in [-0.2, 0) is 12.3 Å². The topological polar surface area (TPSA) is 16.1 Å². The lowest BCUT2D eigenvalue weighted by atomic mass is 9.87. The van der Waals surface area contributed by atoms with Crippen LogP contribution >= 0.6 is 11.6 Å². The largest absolute Gasteiger partial charge is 0.356 e. The average molecular weight is 269 g/mol. The Morgan fingerprint density at radius 3 is 2.39 bits per heavy atom. The van der Waals surface area contributed by atoms with E-state index in [0.717, 1.165) is 23.5 Å². The lowest BCUT2D eigenvalue weighted by Gasteiger charge is -2.36. The Morgan fingerprint density at radius 1 is 1.33 bits per heavy atom. The highest BCUT2D eigenvalue weighted by atomic mass is 35.5. The van der Waals surface area contributed by atoms with E-state index in [1.807, 2.05) is 0 Å². The first kappa shape index (κ1) is 15.3. The number of rotatable bonds is 4. The molecule has 0 bridgehead atoms. The summed E-state index contributed by atoms with van der Waals surface area (Å²) in [6.07, 6.45) is 0.940. The number of nitrogens with zero attached hydrogens (tertiary/aromatic N) is 2. The predicted molar refractivity (Wildman–Crippen MR) is 80.5 cm³/mol. The van der Waals surface area contributed by atoms with Gasteiger partial charge in [0.1, 0.15) is 5.82 Å². The molecule has 1 atom stereocenters. The van der Waals surface area contributed by atoms with E-state index in [1.165, 1.54) is 0 Å². The molecule has 0 saturated carbocycles. The van der Waals surface area contributed by atoms with E-state index in [1.54, 1.807) is 0 Å². The number of halogens is 1. The molecule has 0 aliphatic carbocycles. The van der Waals surface area contributed by atoms with Gasteiger partial charge in [0.25, 0.3) is 0 Å². The van der Waals surface area contributed by atoms with Gasteiger partial charge in [-0.2, -0.15) is 0 Å². The number of alkyl halides is 1. The second-order valence-corrected chi connectivity index (χ2v) is 6.23. The smallest absolute Gasteiger partial charge is 0.129 e. The Labute approximate surface area is 116 Å². The van der Waals surface area contributed by atoms with Crippen LogP contribution in [0.1, 0.15) is 45.9 Å². The minimum Gasteiger partial charge on any atom is -0.356 e. The molecule has 0 saturated heterocycles. The van der Waals surface area contributed by atoms with Gasteiger partial charge < -0.3 is 4.90 Å². The lowest BCUT2D eigenvalue weighted by molar-refractivity contribution is 0.328. The molecule has 0 spiro atoms. The van der Waals surface area contributed by atoms with Crippen LogP contribution in [-0.4, -0.2) is 18.1 Å². The Bertz CT molecular complexity index is 374. The van der Waals surface area contributed by atoms with Crippen LogP contribution in [0.25, 0.3) is 0 Å². The van der Waals surface area contributed by atoms with Gasteiger partial charge in [0.05, 0.1) is 0 Å². The van der Waals surface area contributed by atoms with Gasteiger partial charge in [-0.05, 0) is 36.5 Å². The number of anilines is 1. The summed E-state index contributed by atoms with van der Waals surface area (Å²) in [6.45, 7) is 11.1. The second-order valence-electron chi connectivity index (χ2n) is 5.97. The van der Waals surface area contributed by atoms with E-state index < -0.39 is 0 Å². The van der Waals surface area contributed by atoms with E-state index in [-0.39, 0.29) is 5.41 Å². The monoisotopic (exact) mass is 268 g/mol. The summed E-state index contributed by atoms with van der Waals surface area (Å²) in [4.78, 5) is 6.95. The van der Waals surface area contributed by atoms with Crippen molar-refractivity contribution < 1.29 is 0 Å². The maximum absolute atomic E-state index is 5.96. The molecular formula is C15H25ClN2. The van der Waals surface area contributed by atoms with Crippen molar-refractivity contribution in [2.24, 2.45) is 5.41 Å². The summed E-state index contributed by atoms with van der Waals surface area (Å²) in [6, 6.07) is 4.60. The van der Waals surface area contributed by atoms with E-state index in [4.69, 9.17) is 16.6 Å². The van der Waals surface area contributed by atoms with E-state index in [2.05, 4.69) is 58.7 Å². The molecule has 0 aliphatic rings. The third-order valence-electron chi connectivity index (χ3n) is 3.64. The SMILES string of the molecule is CCc1cc(CCl)cc(N(C)C(C)C(C)(C)C)n1. The fourth-order valence-corrected chi connectivity index (χ4v) is 2.01. The van der Waals surface area contributed by atoms with Gasteiger partial charge in [0, 0.05) is 24.7 Å². The van der Waals surface area contributed by atoms with E-state index in [9.17, 15) is 0 Å². The molecule has 0 radical (unpaired) electrons.